The average Bonchev–Trinajstić information content (AvgIpc) is 2.42. The van der Waals surface area contributed by atoms with Crippen molar-refractivity contribution in [3.63, 3.8) is 0 Å². The molecule has 1 unspecified atom stereocenters. The summed E-state index contributed by atoms with van der Waals surface area (Å²) < 4.78 is 15.2. The Hall–Kier alpha value is -2.05. The molecule has 0 fully saturated rings. The normalized spacial score (nSPS) is 13.6. The lowest BCUT2D eigenvalue weighted by atomic mass is 9.99. The molecule has 0 rings (SSSR count). The highest BCUT2D eigenvalue weighted by molar-refractivity contribution is 5.75. The van der Waals surface area contributed by atoms with E-state index in [1.165, 1.54) is 7.11 Å². The maximum atomic E-state index is 11.9. The summed E-state index contributed by atoms with van der Waals surface area (Å²) in [6, 6.07) is 0. The standard InChI is InChI=1S/C19H33NO6/c1-13(20-17(23)26-19(5,6)7)9-10-14(16(22)24-8)11-12-15(21)25-18(2,3)4/h9,14H,10-12H2,1-8H3,(H,20,23). The second-order valence-electron chi connectivity index (χ2n) is 8.09. The molecule has 1 N–H and O–H groups in total. The van der Waals surface area contributed by atoms with E-state index in [1.54, 1.807) is 54.5 Å². The van der Waals surface area contributed by atoms with Crippen molar-refractivity contribution in [1.29, 1.82) is 0 Å². The summed E-state index contributed by atoms with van der Waals surface area (Å²) in [5.74, 6) is -1.27. The molecule has 0 aliphatic rings. The predicted octanol–water partition coefficient (Wildman–Crippen LogP) is 3.72. The fourth-order valence-corrected chi connectivity index (χ4v) is 2.02. The Kier molecular flexibility index (Phi) is 9.38. The number of esters is 2. The predicted molar refractivity (Wildman–Crippen MR) is 98.3 cm³/mol. The number of allylic oxidation sites excluding steroid dienone is 2. The molecule has 150 valence electrons. The highest BCUT2D eigenvalue weighted by Gasteiger charge is 2.22. The summed E-state index contributed by atoms with van der Waals surface area (Å²) in [5.41, 5.74) is -0.594. The van der Waals surface area contributed by atoms with Gasteiger partial charge in [0.2, 0.25) is 0 Å². The highest BCUT2D eigenvalue weighted by atomic mass is 16.6. The lowest BCUT2D eigenvalue weighted by Crippen LogP contribution is -2.31. The minimum Gasteiger partial charge on any atom is -0.469 e. The van der Waals surface area contributed by atoms with Crippen LogP contribution in [0.2, 0.25) is 0 Å². The van der Waals surface area contributed by atoms with E-state index >= 15 is 0 Å². The van der Waals surface area contributed by atoms with Crippen LogP contribution in [0.1, 0.15) is 67.7 Å². The Morgan fingerprint density at radius 3 is 2.00 bits per heavy atom. The van der Waals surface area contributed by atoms with Crippen molar-refractivity contribution in [2.45, 2.75) is 78.9 Å². The Morgan fingerprint density at radius 1 is 1.00 bits per heavy atom. The second-order valence-corrected chi connectivity index (χ2v) is 8.09. The molecule has 0 heterocycles. The molecule has 0 spiro atoms. The quantitative estimate of drug-likeness (QED) is 0.542. The molecule has 7 heteroatoms. The van der Waals surface area contributed by atoms with Gasteiger partial charge in [-0.15, -0.1) is 0 Å². The molecule has 1 atom stereocenters. The Balaban J connectivity index is 4.69. The molecule has 0 aliphatic carbocycles. The third-order valence-corrected chi connectivity index (χ3v) is 3.06. The van der Waals surface area contributed by atoms with E-state index in [4.69, 9.17) is 14.2 Å². The van der Waals surface area contributed by atoms with Gasteiger partial charge in [-0.1, -0.05) is 6.08 Å². The third kappa shape index (κ3) is 12.3. The summed E-state index contributed by atoms with van der Waals surface area (Å²) >= 11 is 0. The zero-order valence-corrected chi connectivity index (χ0v) is 17.2. The minimum atomic E-state index is -0.591. The van der Waals surface area contributed by atoms with Crippen LogP contribution < -0.4 is 5.32 Å². The van der Waals surface area contributed by atoms with E-state index in [1.807, 2.05) is 0 Å². The van der Waals surface area contributed by atoms with Crippen molar-refractivity contribution in [2.75, 3.05) is 7.11 Å². The van der Waals surface area contributed by atoms with Crippen LogP contribution in [0, 0.1) is 5.92 Å². The maximum Gasteiger partial charge on any atom is 0.411 e. The first-order valence-electron chi connectivity index (χ1n) is 8.70. The van der Waals surface area contributed by atoms with Gasteiger partial charge in [-0.25, -0.2) is 4.79 Å². The van der Waals surface area contributed by atoms with Crippen LogP contribution in [0.4, 0.5) is 4.79 Å². The van der Waals surface area contributed by atoms with Gasteiger partial charge in [0.25, 0.3) is 0 Å². The number of methoxy groups -OCH3 is 1. The summed E-state index contributed by atoms with van der Waals surface area (Å²) in [5, 5.41) is 2.60. The van der Waals surface area contributed by atoms with Gasteiger partial charge in [0, 0.05) is 12.1 Å². The molecule has 0 aromatic heterocycles. The number of carbonyl (C=O) groups is 3. The lowest BCUT2D eigenvalue weighted by molar-refractivity contribution is -0.155. The molecule has 0 saturated carbocycles. The van der Waals surface area contributed by atoms with Gasteiger partial charge in [0.1, 0.15) is 11.2 Å². The number of hydrogen-bond acceptors (Lipinski definition) is 6. The van der Waals surface area contributed by atoms with Crippen molar-refractivity contribution in [3.8, 4) is 0 Å². The van der Waals surface area contributed by atoms with E-state index in [9.17, 15) is 14.4 Å². The molecule has 1 amide bonds. The molecule has 0 aromatic carbocycles. The summed E-state index contributed by atoms with van der Waals surface area (Å²) in [6.07, 6.45) is 1.90. The number of nitrogens with one attached hydrogen (secondary N) is 1. The number of alkyl carbamates (subject to hydrolysis) is 1. The van der Waals surface area contributed by atoms with Crippen molar-refractivity contribution in [2.24, 2.45) is 5.92 Å². The van der Waals surface area contributed by atoms with Crippen molar-refractivity contribution < 1.29 is 28.6 Å². The van der Waals surface area contributed by atoms with Crippen LogP contribution >= 0.6 is 0 Å². The maximum absolute atomic E-state index is 11.9. The molecule has 0 radical (unpaired) electrons. The molecular formula is C19H33NO6. The van der Waals surface area contributed by atoms with Gasteiger partial charge in [0.05, 0.1) is 13.0 Å². The van der Waals surface area contributed by atoms with Crippen molar-refractivity contribution >= 4 is 18.0 Å². The zero-order valence-electron chi connectivity index (χ0n) is 17.2. The first-order chi connectivity index (χ1) is 11.7. The van der Waals surface area contributed by atoms with Gasteiger partial charge in [-0.05, 0) is 61.3 Å². The van der Waals surface area contributed by atoms with Crippen LogP contribution in [-0.2, 0) is 23.8 Å². The molecule has 0 saturated heterocycles. The molecule has 0 bridgehead atoms. The highest BCUT2D eigenvalue weighted by Crippen LogP contribution is 2.17. The van der Waals surface area contributed by atoms with E-state index in [0.29, 0.717) is 18.5 Å². The average molecular weight is 371 g/mol. The SMILES string of the molecule is COC(=O)C(CC=C(C)NC(=O)OC(C)(C)C)CCC(=O)OC(C)(C)C. The van der Waals surface area contributed by atoms with Crippen molar-refractivity contribution in [1.82, 2.24) is 5.32 Å². The molecule has 0 aliphatic heterocycles. The van der Waals surface area contributed by atoms with E-state index in [2.05, 4.69) is 5.32 Å². The summed E-state index contributed by atoms with van der Waals surface area (Å²) in [7, 11) is 1.30. The van der Waals surface area contributed by atoms with E-state index < -0.39 is 29.2 Å². The van der Waals surface area contributed by atoms with Crippen LogP contribution in [0.3, 0.4) is 0 Å². The number of ether oxygens (including phenoxy) is 3. The van der Waals surface area contributed by atoms with Gasteiger partial charge >= 0.3 is 18.0 Å². The molecular weight excluding hydrogens is 338 g/mol. The molecule has 7 nitrogen and oxygen atoms in total. The molecule has 26 heavy (non-hydrogen) atoms. The van der Waals surface area contributed by atoms with Gasteiger partial charge in [0.15, 0.2) is 0 Å². The number of hydrogen-bond donors (Lipinski definition) is 1. The first kappa shape index (κ1) is 23.9. The van der Waals surface area contributed by atoms with Gasteiger partial charge in [-0.3, -0.25) is 14.9 Å². The number of amides is 1. The zero-order chi connectivity index (χ0) is 20.5. The Morgan fingerprint density at radius 2 is 1.54 bits per heavy atom. The topological polar surface area (TPSA) is 90.9 Å². The monoisotopic (exact) mass is 371 g/mol. The third-order valence-electron chi connectivity index (χ3n) is 3.06. The minimum absolute atomic E-state index is 0.115. The summed E-state index contributed by atoms with van der Waals surface area (Å²) in [4.78, 5) is 35.5. The van der Waals surface area contributed by atoms with Crippen LogP contribution in [0.15, 0.2) is 11.8 Å². The van der Waals surface area contributed by atoms with Crippen LogP contribution in [0.5, 0.6) is 0 Å². The molecule has 0 aromatic rings. The Labute approximate surface area is 156 Å². The fraction of sp³-hybridized carbons (Fsp3) is 0.737. The van der Waals surface area contributed by atoms with Crippen LogP contribution in [-0.4, -0.2) is 36.3 Å². The largest absolute Gasteiger partial charge is 0.469 e. The van der Waals surface area contributed by atoms with Crippen LogP contribution in [0.25, 0.3) is 0 Å². The Bertz CT molecular complexity index is 525. The smallest absolute Gasteiger partial charge is 0.411 e. The first-order valence-corrected chi connectivity index (χ1v) is 8.70. The van der Waals surface area contributed by atoms with Gasteiger partial charge < -0.3 is 14.2 Å². The summed E-state index contributed by atoms with van der Waals surface area (Å²) in [6.45, 7) is 12.4. The second kappa shape index (κ2) is 10.2. The van der Waals surface area contributed by atoms with E-state index in [-0.39, 0.29) is 12.4 Å². The lowest BCUT2D eigenvalue weighted by Gasteiger charge is -2.20. The number of rotatable bonds is 7. The number of carbonyl (C=O) groups excluding carboxylic acids is 3. The van der Waals surface area contributed by atoms with Gasteiger partial charge in [-0.2, -0.15) is 0 Å². The van der Waals surface area contributed by atoms with E-state index in [0.717, 1.165) is 0 Å². The van der Waals surface area contributed by atoms with Crippen molar-refractivity contribution in [3.05, 3.63) is 11.8 Å². The fourth-order valence-electron chi connectivity index (χ4n) is 2.02.